The Morgan fingerprint density at radius 1 is 1.17 bits per heavy atom. The van der Waals surface area contributed by atoms with Crippen molar-refractivity contribution < 1.29 is 23.8 Å². The minimum Gasteiger partial charge on any atom is -0.493 e. The molecule has 0 aromatic heterocycles. The fraction of sp³-hybridized carbons (Fsp3) is 0.364. The summed E-state index contributed by atoms with van der Waals surface area (Å²) in [6.45, 7) is 2.73. The van der Waals surface area contributed by atoms with Crippen LogP contribution in [0.25, 0.3) is 0 Å². The highest BCUT2D eigenvalue weighted by Crippen LogP contribution is 2.27. The van der Waals surface area contributed by atoms with E-state index in [0.717, 1.165) is 16.8 Å². The first-order chi connectivity index (χ1) is 14.0. The van der Waals surface area contributed by atoms with Crippen LogP contribution in [0.1, 0.15) is 11.1 Å². The van der Waals surface area contributed by atoms with Crippen molar-refractivity contribution in [3.8, 4) is 11.5 Å². The molecule has 2 amide bonds. The van der Waals surface area contributed by atoms with Crippen molar-refractivity contribution >= 4 is 17.5 Å². The van der Waals surface area contributed by atoms with Crippen LogP contribution in [0.4, 0.5) is 5.69 Å². The van der Waals surface area contributed by atoms with Crippen molar-refractivity contribution in [2.75, 3.05) is 38.8 Å². The molecule has 7 nitrogen and oxygen atoms in total. The van der Waals surface area contributed by atoms with E-state index in [4.69, 9.17) is 14.2 Å². The molecule has 1 N–H and O–H groups in total. The van der Waals surface area contributed by atoms with Crippen molar-refractivity contribution in [1.82, 2.24) is 5.32 Å². The maximum absolute atomic E-state index is 12.4. The van der Waals surface area contributed by atoms with Gasteiger partial charge in [-0.1, -0.05) is 18.2 Å². The zero-order chi connectivity index (χ0) is 20.8. The number of amides is 2. The van der Waals surface area contributed by atoms with Crippen LogP contribution in [0.2, 0.25) is 0 Å². The molecule has 1 saturated heterocycles. The molecule has 1 unspecified atom stereocenters. The normalized spacial score (nSPS) is 16.4. The quantitative estimate of drug-likeness (QED) is 0.773. The Morgan fingerprint density at radius 3 is 2.69 bits per heavy atom. The lowest BCUT2D eigenvalue weighted by molar-refractivity contribution is -0.129. The number of hydrogen-bond acceptors (Lipinski definition) is 5. The number of benzene rings is 2. The monoisotopic (exact) mass is 398 g/mol. The molecule has 0 radical (unpaired) electrons. The van der Waals surface area contributed by atoms with Gasteiger partial charge in [-0.3, -0.25) is 9.59 Å². The van der Waals surface area contributed by atoms with E-state index in [1.165, 1.54) is 0 Å². The summed E-state index contributed by atoms with van der Waals surface area (Å²) < 4.78 is 16.1. The van der Waals surface area contributed by atoms with Gasteiger partial charge in [-0.25, -0.2) is 0 Å². The Kier molecular flexibility index (Phi) is 6.72. The summed E-state index contributed by atoms with van der Waals surface area (Å²) in [4.78, 5) is 26.3. The number of nitrogens with one attached hydrogen (secondary N) is 1. The lowest BCUT2D eigenvalue weighted by Gasteiger charge is -2.33. The number of ether oxygens (including phenoxy) is 3. The number of morpholine rings is 1. The number of methoxy groups -OCH3 is 2. The second-order valence-corrected chi connectivity index (χ2v) is 6.95. The molecule has 0 bridgehead atoms. The number of carbonyl (C=O) groups excluding carboxylic acids is 2. The molecule has 3 rings (SSSR count). The zero-order valence-corrected chi connectivity index (χ0v) is 16.9. The minimum atomic E-state index is -0.262. The molecule has 2 aromatic carbocycles. The molecule has 7 heteroatoms. The van der Waals surface area contributed by atoms with Crippen LogP contribution in [0, 0.1) is 6.92 Å². The highest BCUT2D eigenvalue weighted by molar-refractivity contribution is 5.95. The van der Waals surface area contributed by atoms with E-state index in [1.54, 1.807) is 31.3 Å². The molecular formula is C22H26N2O5. The summed E-state index contributed by atoms with van der Waals surface area (Å²) in [7, 11) is 3.13. The first-order valence-corrected chi connectivity index (χ1v) is 9.46. The van der Waals surface area contributed by atoms with Gasteiger partial charge in [0, 0.05) is 12.2 Å². The summed E-state index contributed by atoms with van der Waals surface area (Å²) in [5, 5.41) is 2.89. The van der Waals surface area contributed by atoms with E-state index < -0.39 is 0 Å². The highest BCUT2D eigenvalue weighted by atomic mass is 16.5. The van der Waals surface area contributed by atoms with E-state index in [2.05, 4.69) is 5.32 Å². The van der Waals surface area contributed by atoms with Gasteiger partial charge in [0.2, 0.25) is 5.91 Å². The Morgan fingerprint density at radius 2 is 1.97 bits per heavy atom. The van der Waals surface area contributed by atoms with Crippen molar-refractivity contribution in [3.05, 3.63) is 53.6 Å². The molecule has 0 aliphatic carbocycles. The molecule has 0 saturated carbocycles. The lowest BCUT2D eigenvalue weighted by Crippen LogP contribution is -2.50. The average Bonchev–Trinajstić information content (AvgIpc) is 2.73. The predicted molar refractivity (Wildman–Crippen MR) is 110 cm³/mol. The van der Waals surface area contributed by atoms with Gasteiger partial charge in [-0.2, -0.15) is 0 Å². The molecule has 1 heterocycles. The topological polar surface area (TPSA) is 77.1 Å². The van der Waals surface area contributed by atoms with Gasteiger partial charge in [-0.15, -0.1) is 0 Å². The summed E-state index contributed by atoms with van der Waals surface area (Å²) >= 11 is 0. The van der Waals surface area contributed by atoms with E-state index in [-0.39, 0.29) is 30.9 Å². The van der Waals surface area contributed by atoms with Crippen LogP contribution in [-0.4, -0.2) is 51.8 Å². The zero-order valence-electron chi connectivity index (χ0n) is 16.9. The van der Waals surface area contributed by atoms with Crippen molar-refractivity contribution in [2.45, 2.75) is 19.4 Å². The number of nitrogens with zero attached hydrogens (tertiary/aromatic N) is 1. The molecule has 0 spiro atoms. The maximum Gasteiger partial charge on any atom is 0.253 e. The number of hydrogen-bond donors (Lipinski definition) is 1. The number of aryl methyl sites for hydroxylation is 1. The molecule has 1 aliphatic rings. The van der Waals surface area contributed by atoms with E-state index in [0.29, 0.717) is 24.6 Å². The Bertz CT molecular complexity index is 883. The van der Waals surface area contributed by atoms with Crippen LogP contribution in [0.5, 0.6) is 11.5 Å². The first kappa shape index (κ1) is 20.7. The van der Waals surface area contributed by atoms with Gasteiger partial charge >= 0.3 is 0 Å². The first-order valence-electron chi connectivity index (χ1n) is 9.46. The van der Waals surface area contributed by atoms with Gasteiger partial charge < -0.3 is 24.4 Å². The third-order valence-electron chi connectivity index (χ3n) is 4.78. The molecule has 2 aromatic rings. The summed E-state index contributed by atoms with van der Waals surface area (Å²) in [5.41, 5.74) is 2.75. The van der Waals surface area contributed by atoms with E-state index >= 15 is 0 Å². The average molecular weight is 398 g/mol. The largest absolute Gasteiger partial charge is 0.493 e. The highest BCUT2D eigenvalue weighted by Gasteiger charge is 2.27. The fourth-order valence-electron chi connectivity index (χ4n) is 3.26. The third kappa shape index (κ3) is 5.26. The maximum atomic E-state index is 12.4. The molecular weight excluding hydrogens is 372 g/mol. The second kappa shape index (κ2) is 9.43. The van der Waals surface area contributed by atoms with Gasteiger partial charge in [0.25, 0.3) is 5.91 Å². The smallest absolute Gasteiger partial charge is 0.253 e. The number of rotatable bonds is 7. The summed E-state index contributed by atoms with van der Waals surface area (Å²) in [6.07, 6.45) is -0.0456. The number of anilines is 1. The predicted octanol–water partition coefficient (Wildman–Crippen LogP) is 2.10. The van der Waals surface area contributed by atoms with Gasteiger partial charge in [0.1, 0.15) is 6.61 Å². The minimum absolute atomic E-state index is 0.00412. The molecule has 1 atom stereocenters. The standard InChI is InChI=1S/C22H26N2O5/c1-15-5-4-6-17(9-15)24-13-18(29-14-22(24)26)12-23-21(25)11-16-7-8-19(27-2)20(10-16)28-3/h4-10,18H,11-14H2,1-3H3,(H,23,25). The lowest BCUT2D eigenvalue weighted by atomic mass is 10.1. The molecule has 29 heavy (non-hydrogen) atoms. The van der Waals surface area contributed by atoms with Crippen LogP contribution >= 0.6 is 0 Å². The third-order valence-corrected chi connectivity index (χ3v) is 4.78. The van der Waals surface area contributed by atoms with Crippen molar-refractivity contribution in [3.63, 3.8) is 0 Å². The van der Waals surface area contributed by atoms with Gasteiger partial charge in [0.05, 0.1) is 33.3 Å². The van der Waals surface area contributed by atoms with Gasteiger partial charge in [0.15, 0.2) is 11.5 Å². The molecule has 1 aliphatic heterocycles. The van der Waals surface area contributed by atoms with E-state index in [9.17, 15) is 9.59 Å². The van der Waals surface area contributed by atoms with Crippen LogP contribution in [0.3, 0.4) is 0 Å². The summed E-state index contributed by atoms with van der Waals surface area (Å²) in [5.74, 6) is 0.997. The van der Waals surface area contributed by atoms with E-state index in [1.807, 2.05) is 37.3 Å². The Labute approximate surface area is 170 Å². The Balaban J connectivity index is 1.55. The van der Waals surface area contributed by atoms with Crippen LogP contribution in [-0.2, 0) is 20.7 Å². The van der Waals surface area contributed by atoms with Gasteiger partial charge in [-0.05, 0) is 42.3 Å². The second-order valence-electron chi connectivity index (χ2n) is 6.95. The summed E-state index contributed by atoms with van der Waals surface area (Å²) in [6, 6.07) is 13.2. The van der Waals surface area contributed by atoms with Crippen LogP contribution in [0.15, 0.2) is 42.5 Å². The van der Waals surface area contributed by atoms with Crippen molar-refractivity contribution in [1.29, 1.82) is 0 Å². The van der Waals surface area contributed by atoms with Crippen molar-refractivity contribution in [2.24, 2.45) is 0 Å². The molecule has 1 fully saturated rings. The van der Waals surface area contributed by atoms with Crippen LogP contribution < -0.4 is 19.7 Å². The fourth-order valence-corrected chi connectivity index (χ4v) is 3.26. The SMILES string of the molecule is COc1ccc(CC(=O)NCC2CN(c3cccc(C)c3)C(=O)CO2)cc1OC. The number of carbonyl (C=O) groups is 2. The Hall–Kier alpha value is -3.06. The molecule has 154 valence electrons.